The van der Waals surface area contributed by atoms with Gasteiger partial charge in [-0.1, -0.05) is 13.8 Å². The molecule has 5 heteroatoms. The van der Waals surface area contributed by atoms with Crippen LogP contribution in [0.15, 0.2) is 0 Å². The molecule has 5 nitrogen and oxygen atoms in total. The van der Waals surface area contributed by atoms with E-state index in [1.165, 1.54) is 0 Å². The number of fused-ring (bicyclic) bond motifs is 1. The van der Waals surface area contributed by atoms with Gasteiger partial charge in [-0.15, -0.1) is 10.2 Å². The van der Waals surface area contributed by atoms with Crippen LogP contribution in [0.4, 0.5) is 0 Å². The molecule has 2 rings (SSSR count). The Bertz CT molecular complexity index is 398. The first-order chi connectivity index (χ1) is 7.59. The van der Waals surface area contributed by atoms with Gasteiger partial charge in [0.1, 0.15) is 11.6 Å². The average molecular weight is 223 g/mol. The van der Waals surface area contributed by atoms with Crippen LogP contribution in [-0.4, -0.2) is 25.8 Å². The fraction of sp³-hybridized carbons (Fsp3) is 0.727. The molecule has 0 aromatic carbocycles. The van der Waals surface area contributed by atoms with E-state index < -0.39 is 5.97 Å². The van der Waals surface area contributed by atoms with Crippen molar-refractivity contribution in [2.24, 2.45) is 0 Å². The van der Waals surface area contributed by atoms with Crippen LogP contribution < -0.4 is 0 Å². The van der Waals surface area contributed by atoms with Gasteiger partial charge >= 0.3 is 5.97 Å². The predicted molar refractivity (Wildman–Crippen MR) is 58.3 cm³/mol. The number of aromatic nitrogens is 3. The number of nitrogens with zero attached hydrogens (tertiary/aromatic N) is 3. The number of carboxylic acids is 1. The number of aryl methyl sites for hydroxylation is 1. The van der Waals surface area contributed by atoms with Gasteiger partial charge in [-0.05, 0) is 12.8 Å². The molecule has 88 valence electrons. The van der Waals surface area contributed by atoms with E-state index in [0.29, 0.717) is 0 Å². The van der Waals surface area contributed by atoms with Gasteiger partial charge in [0.25, 0.3) is 0 Å². The number of rotatable bonds is 3. The second-order valence-electron chi connectivity index (χ2n) is 4.64. The standard InChI is InChI=1S/C11H17N3O2/c1-7(2)11-13-12-9-5-3-4-8(14(9)11)6-10(15)16/h7-8H,3-6H2,1-2H3,(H,15,16). The maximum atomic E-state index is 10.8. The third-order valence-electron chi connectivity index (χ3n) is 3.02. The van der Waals surface area contributed by atoms with Crippen LogP contribution in [0.5, 0.6) is 0 Å². The van der Waals surface area contributed by atoms with Gasteiger partial charge in [-0.2, -0.15) is 0 Å². The van der Waals surface area contributed by atoms with Crippen LogP contribution in [0.1, 0.15) is 56.7 Å². The third kappa shape index (κ3) is 1.94. The van der Waals surface area contributed by atoms with Crippen molar-refractivity contribution in [3.8, 4) is 0 Å². The van der Waals surface area contributed by atoms with E-state index in [4.69, 9.17) is 5.11 Å². The second-order valence-corrected chi connectivity index (χ2v) is 4.64. The Hall–Kier alpha value is -1.39. The average Bonchev–Trinajstić information content (AvgIpc) is 2.61. The van der Waals surface area contributed by atoms with E-state index >= 15 is 0 Å². The SMILES string of the molecule is CC(C)c1nnc2n1C(CC(=O)O)CCC2. The summed E-state index contributed by atoms with van der Waals surface area (Å²) in [4.78, 5) is 10.8. The molecule has 16 heavy (non-hydrogen) atoms. The van der Waals surface area contributed by atoms with Crippen molar-refractivity contribution in [2.45, 2.75) is 51.5 Å². The second kappa shape index (κ2) is 4.23. The fourth-order valence-electron chi connectivity index (χ4n) is 2.32. The van der Waals surface area contributed by atoms with Crippen molar-refractivity contribution < 1.29 is 9.90 Å². The van der Waals surface area contributed by atoms with Crippen LogP contribution in [0, 0.1) is 0 Å². The minimum atomic E-state index is -0.749. The van der Waals surface area contributed by atoms with Gasteiger partial charge in [0.2, 0.25) is 0 Å². The Kier molecular flexibility index (Phi) is 2.94. The van der Waals surface area contributed by atoms with Crippen molar-refractivity contribution in [2.75, 3.05) is 0 Å². The number of carboxylic acid groups (broad SMARTS) is 1. The molecule has 1 aromatic heterocycles. The summed E-state index contributed by atoms with van der Waals surface area (Å²) in [7, 11) is 0. The Morgan fingerprint density at radius 1 is 1.56 bits per heavy atom. The molecular formula is C11H17N3O2. The van der Waals surface area contributed by atoms with Crippen molar-refractivity contribution >= 4 is 5.97 Å². The largest absolute Gasteiger partial charge is 0.481 e. The van der Waals surface area contributed by atoms with Crippen LogP contribution >= 0.6 is 0 Å². The van der Waals surface area contributed by atoms with E-state index in [9.17, 15) is 4.79 Å². The summed E-state index contributed by atoms with van der Waals surface area (Å²) in [5.41, 5.74) is 0. The zero-order chi connectivity index (χ0) is 11.7. The summed E-state index contributed by atoms with van der Waals surface area (Å²) < 4.78 is 2.04. The van der Waals surface area contributed by atoms with Crippen LogP contribution in [-0.2, 0) is 11.2 Å². The van der Waals surface area contributed by atoms with Gasteiger partial charge in [0.05, 0.1) is 6.42 Å². The van der Waals surface area contributed by atoms with Gasteiger partial charge < -0.3 is 9.67 Å². The first-order valence-electron chi connectivity index (χ1n) is 5.75. The lowest BCUT2D eigenvalue weighted by molar-refractivity contribution is -0.138. The summed E-state index contributed by atoms with van der Waals surface area (Å²) in [6, 6.07) is 0.0358. The van der Waals surface area contributed by atoms with E-state index in [0.717, 1.165) is 30.9 Å². The van der Waals surface area contributed by atoms with Gasteiger partial charge in [-0.25, -0.2) is 0 Å². The molecule has 0 spiro atoms. The van der Waals surface area contributed by atoms with Crippen molar-refractivity contribution in [1.29, 1.82) is 0 Å². The molecule has 0 bridgehead atoms. The highest BCUT2D eigenvalue weighted by Crippen LogP contribution is 2.30. The molecule has 1 aromatic rings. The molecule has 1 atom stereocenters. The van der Waals surface area contributed by atoms with Crippen molar-refractivity contribution in [3.05, 3.63) is 11.6 Å². The maximum absolute atomic E-state index is 10.8. The molecule has 1 unspecified atom stereocenters. The van der Waals surface area contributed by atoms with E-state index in [2.05, 4.69) is 24.0 Å². The summed E-state index contributed by atoms with van der Waals surface area (Å²) >= 11 is 0. The first-order valence-corrected chi connectivity index (χ1v) is 5.75. The van der Waals surface area contributed by atoms with Crippen LogP contribution in [0.3, 0.4) is 0 Å². The van der Waals surface area contributed by atoms with Crippen molar-refractivity contribution in [3.63, 3.8) is 0 Å². The van der Waals surface area contributed by atoms with Gasteiger partial charge in [0, 0.05) is 18.4 Å². The first kappa shape index (κ1) is 11.1. The minimum absolute atomic E-state index is 0.0358. The molecule has 0 radical (unpaired) electrons. The topological polar surface area (TPSA) is 68.0 Å². The monoisotopic (exact) mass is 223 g/mol. The summed E-state index contributed by atoms with van der Waals surface area (Å²) in [6.45, 7) is 4.12. The Balaban J connectivity index is 2.34. The molecule has 0 aliphatic carbocycles. The molecule has 0 fully saturated rings. The zero-order valence-corrected chi connectivity index (χ0v) is 9.68. The molecular weight excluding hydrogens is 206 g/mol. The Morgan fingerprint density at radius 3 is 2.94 bits per heavy atom. The van der Waals surface area contributed by atoms with Crippen LogP contribution in [0.2, 0.25) is 0 Å². The third-order valence-corrected chi connectivity index (χ3v) is 3.02. The normalized spacial score (nSPS) is 19.8. The maximum Gasteiger partial charge on any atom is 0.305 e. The number of carbonyl (C=O) groups is 1. The highest BCUT2D eigenvalue weighted by atomic mass is 16.4. The molecule has 0 saturated heterocycles. The highest BCUT2D eigenvalue weighted by molar-refractivity contribution is 5.67. The lowest BCUT2D eigenvalue weighted by atomic mass is 10.0. The minimum Gasteiger partial charge on any atom is -0.481 e. The quantitative estimate of drug-likeness (QED) is 0.847. The van der Waals surface area contributed by atoms with E-state index in [1.807, 2.05) is 4.57 Å². The Morgan fingerprint density at radius 2 is 2.31 bits per heavy atom. The lowest BCUT2D eigenvalue weighted by Crippen LogP contribution is -2.23. The molecule has 1 aliphatic rings. The lowest BCUT2D eigenvalue weighted by Gasteiger charge is -2.25. The zero-order valence-electron chi connectivity index (χ0n) is 9.68. The summed E-state index contributed by atoms with van der Waals surface area (Å²) in [5.74, 6) is 1.40. The highest BCUT2D eigenvalue weighted by Gasteiger charge is 2.27. The van der Waals surface area contributed by atoms with E-state index in [1.54, 1.807) is 0 Å². The smallest absolute Gasteiger partial charge is 0.305 e. The molecule has 0 saturated carbocycles. The van der Waals surface area contributed by atoms with Gasteiger partial charge in [0.15, 0.2) is 0 Å². The Labute approximate surface area is 94.5 Å². The van der Waals surface area contributed by atoms with Crippen LogP contribution in [0.25, 0.3) is 0 Å². The van der Waals surface area contributed by atoms with E-state index in [-0.39, 0.29) is 18.4 Å². The summed E-state index contributed by atoms with van der Waals surface area (Å²) in [6.07, 6.45) is 3.01. The number of hydrogen-bond donors (Lipinski definition) is 1. The molecule has 2 heterocycles. The predicted octanol–water partition coefficient (Wildman–Crippen LogP) is 1.75. The molecule has 0 amide bonds. The number of aliphatic carboxylic acids is 1. The van der Waals surface area contributed by atoms with Crippen molar-refractivity contribution in [1.82, 2.24) is 14.8 Å². The molecule has 1 N–H and O–H groups in total. The summed E-state index contributed by atoms with van der Waals surface area (Å²) in [5, 5.41) is 17.2. The molecule has 1 aliphatic heterocycles. The number of hydrogen-bond acceptors (Lipinski definition) is 3. The van der Waals surface area contributed by atoms with Gasteiger partial charge in [-0.3, -0.25) is 4.79 Å². The fourth-order valence-corrected chi connectivity index (χ4v) is 2.32.